The number of rotatable bonds is 5. The highest BCUT2D eigenvalue weighted by atomic mass is 79.9. The molecule has 4 nitrogen and oxygen atoms in total. The van der Waals surface area contributed by atoms with Crippen LogP contribution >= 0.6 is 27.5 Å². The van der Waals surface area contributed by atoms with E-state index in [0.29, 0.717) is 5.88 Å². The molecule has 0 aromatic carbocycles. The van der Waals surface area contributed by atoms with E-state index in [1.807, 2.05) is 12.3 Å². The minimum absolute atomic E-state index is 0.418. The third-order valence-corrected chi connectivity index (χ3v) is 5.05. The summed E-state index contributed by atoms with van der Waals surface area (Å²) in [6.45, 7) is 1.90. The fourth-order valence-electron chi connectivity index (χ4n) is 3.16. The zero-order valence-corrected chi connectivity index (χ0v) is 14.6. The number of halogens is 2. The van der Waals surface area contributed by atoms with Crippen LogP contribution in [0.1, 0.15) is 31.5 Å². The molecule has 2 aromatic rings. The molecule has 1 aliphatic carbocycles. The molecular formula is C15H20BrClN4. The first-order valence-corrected chi connectivity index (χ1v) is 8.78. The Bertz CT molecular complexity index is 621. The van der Waals surface area contributed by atoms with Gasteiger partial charge in [-0.1, -0.05) is 12.8 Å². The summed E-state index contributed by atoms with van der Waals surface area (Å²) in [5, 5.41) is 0. The maximum atomic E-state index is 6.05. The smallest absolute Gasteiger partial charge is 0.160 e. The van der Waals surface area contributed by atoms with Crippen LogP contribution in [0.2, 0.25) is 0 Å². The van der Waals surface area contributed by atoms with Crippen LogP contribution in [0.3, 0.4) is 0 Å². The van der Waals surface area contributed by atoms with Gasteiger partial charge in [-0.3, -0.25) is 0 Å². The number of hydrogen-bond acceptors (Lipinski definition) is 3. The summed E-state index contributed by atoms with van der Waals surface area (Å²) >= 11 is 9.49. The normalized spacial score (nSPS) is 16.4. The molecule has 2 aromatic heterocycles. The molecule has 6 heteroatoms. The average molecular weight is 372 g/mol. The highest BCUT2D eigenvalue weighted by molar-refractivity contribution is 9.10. The van der Waals surface area contributed by atoms with Gasteiger partial charge in [-0.25, -0.2) is 9.97 Å². The molecule has 0 saturated heterocycles. The van der Waals surface area contributed by atoms with Crippen LogP contribution in [-0.2, 0) is 12.4 Å². The molecule has 0 atom stereocenters. The van der Waals surface area contributed by atoms with Gasteiger partial charge in [-0.15, -0.1) is 11.6 Å². The largest absolute Gasteiger partial charge is 0.310 e. The van der Waals surface area contributed by atoms with Gasteiger partial charge in [0.2, 0.25) is 0 Å². The molecule has 1 fully saturated rings. The average Bonchev–Trinajstić information content (AvgIpc) is 3.11. The zero-order chi connectivity index (χ0) is 14.8. The first kappa shape index (κ1) is 15.3. The van der Waals surface area contributed by atoms with E-state index in [0.717, 1.165) is 40.6 Å². The Morgan fingerprint density at radius 1 is 1.43 bits per heavy atom. The van der Waals surface area contributed by atoms with E-state index < -0.39 is 0 Å². The van der Waals surface area contributed by atoms with Crippen molar-refractivity contribution in [2.75, 3.05) is 13.6 Å². The van der Waals surface area contributed by atoms with Crippen LogP contribution in [0.25, 0.3) is 11.2 Å². The van der Waals surface area contributed by atoms with Crippen molar-refractivity contribution >= 4 is 38.7 Å². The number of aromatic nitrogens is 3. The van der Waals surface area contributed by atoms with Crippen molar-refractivity contribution in [3.05, 3.63) is 22.6 Å². The number of likely N-dealkylation sites (N-methyl/N-ethyl adjacent to an activating group) is 1. The van der Waals surface area contributed by atoms with Crippen LogP contribution < -0.4 is 0 Å². The predicted molar refractivity (Wildman–Crippen MR) is 89.7 cm³/mol. The van der Waals surface area contributed by atoms with Crippen LogP contribution in [0.15, 0.2) is 16.7 Å². The monoisotopic (exact) mass is 370 g/mol. The summed E-state index contributed by atoms with van der Waals surface area (Å²) in [7, 11) is 2.22. The van der Waals surface area contributed by atoms with Crippen LogP contribution in [0.4, 0.5) is 0 Å². The van der Waals surface area contributed by atoms with Crippen molar-refractivity contribution in [2.45, 2.75) is 44.1 Å². The van der Waals surface area contributed by atoms with Gasteiger partial charge < -0.3 is 9.47 Å². The van der Waals surface area contributed by atoms with Crippen molar-refractivity contribution in [3.63, 3.8) is 0 Å². The van der Waals surface area contributed by atoms with Crippen molar-refractivity contribution in [3.8, 4) is 0 Å². The third-order valence-electron chi connectivity index (χ3n) is 4.37. The first-order chi connectivity index (χ1) is 10.2. The topological polar surface area (TPSA) is 34.0 Å². The van der Waals surface area contributed by atoms with E-state index in [-0.39, 0.29) is 0 Å². The second kappa shape index (κ2) is 6.63. The molecule has 0 spiro atoms. The maximum absolute atomic E-state index is 6.05. The number of hydrogen-bond donors (Lipinski definition) is 0. The number of alkyl halides is 1. The standard InChI is InChI=1S/C15H20BrClN4/c1-20(12-4-2-3-5-12)6-7-21-14(9-17)19-13-8-11(16)10-18-15(13)21/h8,10,12H,2-7,9H2,1H3. The van der Waals surface area contributed by atoms with E-state index in [9.17, 15) is 0 Å². The summed E-state index contributed by atoms with van der Waals surface area (Å²) in [5.41, 5.74) is 1.83. The van der Waals surface area contributed by atoms with Gasteiger partial charge in [0.25, 0.3) is 0 Å². The molecule has 1 aliphatic rings. The second-order valence-corrected chi connectivity index (χ2v) is 6.91. The summed E-state index contributed by atoms with van der Waals surface area (Å²) in [6.07, 6.45) is 7.21. The van der Waals surface area contributed by atoms with E-state index in [1.165, 1.54) is 25.7 Å². The fraction of sp³-hybridized carbons (Fsp3) is 0.600. The van der Waals surface area contributed by atoms with E-state index in [4.69, 9.17) is 11.6 Å². The Morgan fingerprint density at radius 2 is 2.19 bits per heavy atom. The van der Waals surface area contributed by atoms with Gasteiger partial charge in [-0.2, -0.15) is 0 Å². The Morgan fingerprint density at radius 3 is 2.90 bits per heavy atom. The molecule has 0 N–H and O–H groups in total. The molecule has 0 amide bonds. The van der Waals surface area contributed by atoms with Gasteiger partial charge in [0.1, 0.15) is 11.3 Å². The van der Waals surface area contributed by atoms with Crippen molar-refractivity contribution in [1.82, 2.24) is 19.4 Å². The number of pyridine rings is 1. The molecule has 2 heterocycles. The quantitative estimate of drug-likeness (QED) is 0.750. The number of imidazole rings is 1. The maximum Gasteiger partial charge on any atom is 0.160 e. The number of nitrogens with zero attached hydrogens (tertiary/aromatic N) is 4. The Kier molecular flexibility index (Phi) is 4.82. The van der Waals surface area contributed by atoms with Gasteiger partial charge in [-0.05, 0) is 41.9 Å². The summed E-state index contributed by atoms with van der Waals surface area (Å²) in [5.74, 6) is 1.32. The zero-order valence-electron chi connectivity index (χ0n) is 12.2. The lowest BCUT2D eigenvalue weighted by Gasteiger charge is -2.24. The summed E-state index contributed by atoms with van der Waals surface area (Å²) < 4.78 is 3.10. The fourth-order valence-corrected chi connectivity index (χ4v) is 3.68. The highest BCUT2D eigenvalue weighted by Crippen LogP contribution is 2.23. The lowest BCUT2D eigenvalue weighted by Crippen LogP contribution is -2.32. The summed E-state index contributed by atoms with van der Waals surface area (Å²) in [6, 6.07) is 2.73. The van der Waals surface area contributed by atoms with Gasteiger partial charge >= 0.3 is 0 Å². The molecule has 0 radical (unpaired) electrons. The molecule has 0 bridgehead atoms. The molecular weight excluding hydrogens is 352 g/mol. The Hall–Kier alpha value is -0.650. The van der Waals surface area contributed by atoms with Crippen LogP contribution in [0.5, 0.6) is 0 Å². The SMILES string of the molecule is CN(CCn1c(CCl)nc2cc(Br)cnc21)C1CCCC1. The van der Waals surface area contributed by atoms with E-state index >= 15 is 0 Å². The molecule has 3 rings (SSSR count). The molecule has 0 aliphatic heterocycles. The van der Waals surface area contributed by atoms with Gasteiger partial charge in [0.05, 0.1) is 5.88 Å². The first-order valence-electron chi connectivity index (χ1n) is 7.46. The summed E-state index contributed by atoms with van der Waals surface area (Å²) in [4.78, 5) is 11.6. The predicted octanol–water partition coefficient (Wildman–Crippen LogP) is 3.81. The van der Waals surface area contributed by atoms with Gasteiger partial charge in [0.15, 0.2) is 5.65 Å². The molecule has 114 valence electrons. The van der Waals surface area contributed by atoms with Crippen LogP contribution in [-0.4, -0.2) is 39.1 Å². The second-order valence-electron chi connectivity index (χ2n) is 5.73. The minimum Gasteiger partial charge on any atom is -0.310 e. The van der Waals surface area contributed by atoms with Crippen LogP contribution in [0, 0.1) is 0 Å². The Balaban J connectivity index is 1.78. The van der Waals surface area contributed by atoms with Crippen molar-refractivity contribution in [2.24, 2.45) is 0 Å². The minimum atomic E-state index is 0.418. The third kappa shape index (κ3) is 3.25. The lowest BCUT2D eigenvalue weighted by atomic mass is 10.2. The van der Waals surface area contributed by atoms with E-state index in [2.05, 4.69) is 42.4 Å². The molecule has 21 heavy (non-hydrogen) atoms. The molecule has 0 unspecified atom stereocenters. The Labute approximate surface area is 138 Å². The number of fused-ring (bicyclic) bond motifs is 1. The van der Waals surface area contributed by atoms with E-state index in [1.54, 1.807) is 0 Å². The van der Waals surface area contributed by atoms with Crippen molar-refractivity contribution in [1.29, 1.82) is 0 Å². The van der Waals surface area contributed by atoms with Gasteiger partial charge in [0, 0.05) is 29.8 Å². The lowest BCUT2D eigenvalue weighted by molar-refractivity contribution is 0.236. The molecule has 1 saturated carbocycles. The highest BCUT2D eigenvalue weighted by Gasteiger charge is 2.20. The van der Waals surface area contributed by atoms with Crippen molar-refractivity contribution < 1.29 is 0 Å².